The second-order valence-electron chi connectivity index (χ2n) is 6.34. The van der Waals surface area contributed by atoms with E-state index in [1.165, 1.54) is 38.8 Å². The summed E-state index contributed by atoms with van der Waals surface area (Å²) in [5.74, 6) is 1.43. The van der Waals surface area contributed by atoms with E-state index in [4.69, 9.17) is 16.6 Å². The topological polar surface area (TPSA) is 34.0 Å². The lowest BCUT2D eigenvalue weighted by molar-refractivity contribution is 0.173. The average Bonchev–Trinajstić information content (AvgIpc) is 3.07. The van der Waals surface area contributed by atoms with Crippen molar-refractivity contribution in [1.29, 1.82) is 0 Å². The van der Waals surface area contributed by atoms with Crippen LogP contribution in [0.15, 0.2) is 12.3 Å². The lowest BCUT2D eigenvalue weighted by Gasteiger charge is -2.33. The Balaban J connectivity index is 1.81. The van der Waals surface area contributed by atoms with Crippen molar-refractivity contribution in [2.45, 2.75) is 50.6 Å². The molecule has 0 amide bonds. The molecule has 2 aromatic heterocycles. The molecule has 4 nitrogen and oxygen atoms in total. The van der Waals surface area contributed by atoms with Gasteiger partial charge < -0.3 is 4.57 Å². The van der Waals surface area contributed by atoms with Crippen LogP contribution in [0.25, 0.3) is 11.2 Å². The van der Waals surface area contributed by atoms with E-state index in [9.17, 15) is 0 Å². The first-order valence-electron chi connectivity index (χ1n) is 7.91. The number of hydrogen-bond acceptors (Lipinski definition) is 3. The lowest BCUT2D eigenvalue weighted by Crippen LogP contribution is -2.38. The molecule has 0 N–H and O–H groups in total. The number of fused-ring (bicyclic) bond motifs is 2. The number of aryl methyl sites for hydroxylation is 1. The first-order valence-corrected chi connectivity index (χ1v) is 8.45. The monoisotopic (exact) mass is 304 g/mol. The van der Waals surface area contributed by atoms with Crippen molar-refractivity contribution in [3.8, 4) is 0 Å². The fourth-order valence-corrected chi connectivity index (χ4v) is 4.28. The molecule has 0 saturated carbocycles. The van der Waals surface area contributed by atoms with E-state index in [0.717, 1.165) is 22.6 Å². The van der Waals surface area contributed by atoms with Crippen LogP contribution in [0.4, 0.5) is 0 Å². The molecule has 2 aromatic rings. The molecule has 0 aromatic carbocycles. The normalized spacial score (nSPS) is 26.4. The number of piperidine rings is 1. The number of hydrogen-bond donors (Lipinski definition) is 0. The molecule has 2 saturated heterocycles. The van der Waals surface area contributed by atoms with Crippen molar-refractivity contribution < 1.29 is 0 Å². The first-order chi connectivity index (χ1) is 10.3. The Kier molecular flexibility index (Phi) is 3.38. The van der Waals surface area contributed by atoms with Crippen LogP contribution in [-0.2, 0) is 5.88 Å². The Hall–Kier alpha value is -1.13. The summed E-state index contributed by atoms with van der Waals surface area (Å²) < 4.78 is 2.33. The molecule has 0 aliphatic carbocycles. The van der Waals surface area contributed by atoms with Gasteiger partial charge in [-0.2, -0.15) is 0 Å². The molecule has 21 heavy (non-hydrogen) atoms. The molecule has 2 unspecified atom stereocenters. The van der Waals surface area contributed by atoms with Gasteiger partial charge in [-0.3, -0.25) is 4.90 Å². The van der Waals surface area contributed by atoms with Crippen molar-refractivity contribution in [2.75, 3.05) is 13.1 Å². The molecule has 0 radical (unpaired) electrons. The summed E-state index contributed by atoms with van der Waals surface area (Å²) in [6.45, 7) is 4.50. The van der Waals surface area contributed by atoms with Crippen molar-refractivity contribution in [3.05, 3.63) is 23.7 Å². The number of alkyl halides is 1. The maximum absolute atomic E-state index is 6.17. The lowest BCUT2D eigenvalue weighted by atomic mass is 9.99. The second-order valence-corrected chi connectivity index (χ2v) is 6.61. The predicted octanol–water partition coefficient (Wildman–Crippen LogP) is 3.28. The van der Waals surface area contributed by atoms with Gasteiger partial charge in [0.25, 0.3) is 0 Å². The molecule has 2 atom stereocenters. The van der Waals surface area contributed by atoms with Gasteiger partial charge in [0.15, 0.2) is 5.65 Å². The molecule has 2 aliphatic heterocycles. The molecule has 0 spiro atoms. The standard InChI is InChI=1S/C16H21ClN4/c1-11-8-12-16(18-10-11)21(15(9-17)19-12)14-5-7-20-6-3-2-4-13(14)20/h8,10,13-14H,2-7,9H2,1H3. The number of rotatable bonds is 2. The Bertz CT molecular complexity index is 666. The highest BCUT2D eigenvalue weighted by Crippen LogP contribution is 2.37. The van der Waals surface area contributed by atoms with Crippen LogP contribution in [-0.4, -0.2) is 38.6 Å². The zero-order chi connectivity index (χ0) is 14.4. The van der Waals surface area contributed by atoms with Crippen LogP contribution in [0.1, 0.15) is 43.1 Å². The minimum absolute atomic E-state index is 0.457. The van der Waals surface area contributed by atoms with Crippen LogP contribution in [0.2, 0.25) is 0 Å². The quantitative estimate of drug-likeness (QED) is 0.799. The van der Waals surface area contributed by atoms with E-state index in [1.54, 1.807) is 0 Å². The van der Waals surface area contributed by atoms with Gasteiger partial charge in [0.2, 0.25) is 0 Å². The summed E-state index contributed by atoms with van der Waals surface area (Å²) in [4.78, 5) is 12.0. The second kappa shape index (κ2) is 5.25. The Morgan fingerprint density at radius 1 is 1.24 bits per heavy atom. The predicted molar refractivity (Wildman–Crippen MR) is 84.7 cm³/mol. The smallest absolute Gasteiger partial charge is 0.160 e. The van der Waals surface area contributed by atoms with Gasteiger partial charge in [0, 0.05) is 18.8 Å². The van der Waals surface area contributed by atoms with Crippen LogP contribution in [0.3, 0.4) is 0 Å². The van der Waals surface area contributed by atoms with Crippen molar-refractivity contribution in [3.63, 3.8) is 0 Å². The summed E-state index contributed by atoms with van der Waals surface area (Å²) in [5, 5.41) is 0. The van der Waals surface area contributed by atoms with Crippen LogP contribution in [0.5, 0.6) is 0 Å². The highest BCUT2D eigenvalue weighted by molar-refractivity contribution is 6.16. The van der Waals surface area contributed by atoms with Crippen LogP contribution >= 0.6 is 11.6 Å². The molecular weight excluding hydrogens is 284 g/mol. The zero-order valence-electron chi connectivity index (χ0n) is 12.4. The maximum atomic E-state index is 6.17. The molecule has 112 valence electrons. The van der Waals surface area contributed by atoms with E-state index in [1.807, 2.05) is 6.20 Å². The van der Waals surface area contributed by atoms with Crippen LogP contribution < -0.4 is 0 Å². The summed E-state index contributed by atoms with van der Waals surface area (Å²) in [6.07, 6.45) is 7.10. The Labute approximate surface area is 130 Å². The summed E-state index contributed by atoms with van der Waals surface area (Å²) in [6, 6.07) is 3.24. The molecule has 4 heterocycles. The number of halogens is 1. The Morgan fingerprint density at radius 2 is 2.14 bits per heavy atom. The molecule has 2 fully saturated rings. The minimum atomic E-state index is 0.457. The highest BCUT2D eigenvalue weighted by atomic mass is 35.5. The van der Waals surface area contributed by atoms with Crippen molar-refractivity contribution >= 4 is 22.8 Å². The molecule has 4 rings (SSSR count). The third-order valence-electron chi connectivity index (χ3n) is 5.01. The maximum Gasteiger partial charge on any atom is 0.160 e. The largest absolute Gasteiger partial charge is 0.307 e. The number of aromatic nitrogens is 3. The van der Waals surface area contributed by atoms with E-state index >= 15 is 0 Å². The summed E-state index contributed by atoms with van der Waals surface area (Å²) >= 11 is 6.17. The minimum Gasteiger partial charge on any atom is -0.307 e. The van der Waals surface area contributed by atoms with Gasteiger partial charge in [-0.15, -0.1) is 11.6 Å². The van der Waals surface area contributed by atoms with E-state index < -0.39 is 0 Å². The van der Waals surface area contributed by atoms with Gasteiger partial charge >= 0.3 is 0 Å². The third kappa shape index (κ3) is 2.16. The van der Waals surface area contributed by atoms with Crippen molar-refractivity contribution in [2.24, 2.45) is 0 Å². The number of imidazole rings is 1. The third-order valence-corrected chi connectivity index (χ3v) is 5.25. The number of nitrogens with zero attached hydrogens (tertiary/aromatic N) is 4. The van der Waals surface area contributed by atoms with Crippen LogP contribution in [0, 0.1) is 6.92 Å². The van der Waals surface area contributed by atoms with E-state index in [2.05, 4.69) is 27.4 Å². The van der Waals surface area contributed by atoms with Gasteiger partial charge in [0.05, 0.1) is 11.9 Å². The molecular formula is C16H21ClN4. The van der Waals surface area contributed by atoms with Gasteiger partial charge in [-0.05, 0) is 44.4 Å². The SMILES string of the molecule is Cc1cnc2c(c1)nc(CCl)n2C1CCN2CCCCC12. The van der Waals surface area contributed by atoms with Crippen molar-refractivity contribution in [1.82, 2.24) is 19.4 Å². The first kappa shape index (κ1) is 13.5. The van der Waals surface area contributed by atoms with Gasteiger partial charge in [-0.1, -0.05) is 6.42 Å². The summed E-state index contributed by atoms with van der Waals surface area (Å²) in [5.41, 5.74) is 3.15. The van der Waals surface area contributed by atoms with Gasteiger partial charge in [-0.25, -0.2) is 9.97 Å². The zero-order valence-corrected chi connectivity index (χ0v) is 13.2. The molecule has 5 heteroatoms. The number of pyridine rings is 1. The van der Waals surface area contributed by atoms with E-state index in [-0.39, 0.29) is 0 Å². The fraction of sp³-hybridized carbons (Fsp3) is 0.625. The average molecular weight is 305 g/mol. The fourth-order valence-electron chi connectivity index (χ4n) is 4.09. The van der Waals surface area contributed by atoms with E-state index in [0.29, 0.717) is 18.0 Å². The molecule has 0 bridgehead atoms. The Morgan fingerprint density at radius 3 is 3.00 bits per heavy atom. The molecule has 2 aliphatic rings. The van der Waals surface area contributed by atoms with Gasteiger partial charge in [0.1, 0.15) is 11.3 Å². The summed E-state index contributed by atoms with van der Waals surface area (Å²) in [7, 11) is 0. The highest BCUT2D eigenvalue weighted by Gasteiger charge is 2.38.